The zero-order chi connectivity index (χ0) is 29.9. The molecule has 1 aliphatic rings. The highest BCUT2D eigenvalue weighted by molar-refractivity contribution is 8.00. The van der Waals surface area contributed by atoms with E-state index in [2.05, 4.69) is 20.6 Å². The molecule has 0 saturated carbocycles. The molecule has 2 heterocycles. The number of tetrazole rings is 1. The lowest BCUT2D eigenvalue weighted by molar-refractivity contribution is -0.132. The van der Waals surface area contributed by atoms with Crippen LogP contribution in [0.2, 0.25) is 0 Å². The molecule has 0 radical (unpaired) electrons. The maximum atomic E-state index is 12.8. The Morgan fingerprint density at radius 3 is 2.32 bits per heavy atom. The molecular weight excluding hydrogens is 548 g/mol. The fourth-order valence-corrected chi connectivity index (χ4v) is 6.08. The first-order chi connectivity index (χ1) is 19.4. The number of carbonyl (C=O) groups is 2. The predicted octanol–water partition coefficient (Wildman–Crippen LogP) is 4.67. The van der Waals surface area contributed by atoms with E-state index in [1.165, 1.54) is 25.6 Å². The maximum absolute atomic E-state index is 12.8. The fourth-order valence-electron chi connectivity index (χ4n) is 4.90. The van der Waals surface area contributed by atoms with Gasteiger partial charge in [-0.05, 0) is 74.1 Å². The van der Waals surface area contributed by atoms with E-state index in [4.69, 9.17) is 9.47 Å². The van der Waals surface area contributed by atoms with Crippen molar-refractivity contribution in [3.63, 3.8) is 0 Å². The van der Waals surface area contributed by atoms with Crippen LogP contribution < -0.4 is 4.90 Å². The summed E-state index contributed by atoms with van der Waals surface area (Å²) in [5, 5.41) is 35.9. The minimum Gasteiger partial charge on any atom is -0.477 e. The van der Waals surface area contributed by atoms with Crippen LogP contribution >= 0.6 is 11.8 Å². The van der Waals surface area contributed by atoms with E-state index in [0.717, 1.165) is 16.7 Å². The third kappa shape index (κ3) is 6.00. The minimum atomic E-state index is -1.59. The van der Waals surface area contributed by atoms with Gasteiger partial charge in [-0.2, -0.15) is 0 Å². The van der Waals surface area contributed by atoms with Gasteiger partial charge in [0, 0.05) is 11.3 Å². The molecule has 12 nitrogen and oxygen atoms in total. The number of rotatable bonds is 10. The molecule has 0 aliphatic carbocycles. The van der Waals surface area contributed by atoms with Gasteiger partial charge in [0.2, 0.25) is 0 Å². The molecule has 13 heteroatoms. The summed E-state index contributed by atoms with van der Waals surface area (Å²) in [5.41, 5.74) is 1.53. The summed E-state index contributed by atoms with van der Waals surface area (Å²) in [6, 6.07) is 15.1. The van der Waals surface area contributed by atoms with E-state index in [-0.39, 0.29) is 18.1 Å². The first kappa shape index (κ1) is 29.9. The fraction of sp³-hybridized carbons (Fsp3) is 0.393. The van der Waals surface area contributed by atoms with Gasteiger partial charge in [-0.15, -0.1) is 16.9 Å². The Hall–Kier alpha value is -4.10. The number of aliphatic carboxylic acids is 1. The maximum Gasteiger partial charge on any atom is 0.510 e. The van der Waals surface area contributed by atoms with E-state index >= 15 is 0 Å². The van der Waals surface area contributed by atoms with Gasteiger partial charge < -0.3 is 29.5 Å². The molecule has 0 spiro atoms. The van der Waals surface area contributed by atoms with Crippen molar-refractivity contribution in [2.24, 2.45) is 0 Å². The summed E-state index contributed by atoms with van der Waals surface area (Å²) in [4.78, 5) is 27.3. The largest absolute Gasteiger partial charge is 0.510 e. The second kappa shape index (κ2) is 11.8. The van der Waals surface area contributed by atoms with Gasteiger partial charge in [0.15, 0.2) is 23.2 Å². The lowest BCUT2D eigenvalue weighted by Crippen LogP contribution is -2.53. The summed E-state index contributed by atoms with van der Waals surface area (Å²) in [5.74, 6) is -0.110. The SMILES string of the molecule is CCSC1(C)N(COC(=O)OC(C)C)C(C(C)(C)O)=C(C(=O)O)N1c1ccc(-c2ccccc2-c2nnn[nH]2)cc1. The van der Waals surface area contributed by atoms with Gasteiger partial charge in [-0.3, -0.25) is 0 Å². The number of thioether (sulfide) groups is 1. The number of H-pyrrole nitrogens is 1. The second-order valence-electron chi connectivity index (χ2n) is 10.2. The first-order valence-corrected chi connectivity index (χ1v) is 14.1. The summed E-state index contributed by atoms with van der Waals surface area (Å²) in [7, 11) is 0. The van der Waals surface area contributed by atoms with Crippen molar-refractivity contribution in [1.82, 2.24) is 25.5 Å². The van der Waals surface area contributed by atoms with E-state index in [9.17, 15) is 19.8 Å². The van der Waals surface area contributed by atoms with Crippen LogP contribution in [0.4, 0.5) is 10.5 Å². The number of nitrogens with one attached hydrogen (secondary N) is 1. The summed E-state index contributed by atoms with van der Waals surface area (Å²) >= 11 is 1.44. The predicted molar refractivity (Wildman–Crippen MR) is 154 cm³/mol. The van der Waals surface area contributed by atoms with Crippen LogP contribution in [0.3, 0.4) is 0 Å². The van der Waals surface area contributed by atoms with Crippen LogP contribution in [0.25, 0.3) is 22.5 Å². The number of carbonyl (C=O) groups excluding carboxylic acids is 1. The zero-order valence-corrected chi connectivity index (χ0v) is 24.6. The molecule has 0 fully saturated rings. The number of aromatic amines is 1. The second-order valence-corrected chi connectivity index (χ2v) is 11.9. The highest BCUT2D eigenvalue weighted by Gasteiger charge is 2.54. The molecule has 0 bridgehead atoms. The quantitative estimate of drug-likeness (QED) is 0.285. The Morgan fingerprint density at radius 1 is 1.12 bits per heavy atom. The normalized spacial score (nSPS) is 17.4. The molecule has 41 heavy (non-hydrogen) atoms. The Labute approximate surface area is 242 Å². The molecule has 3 N–H and O–H groups in total. The highest BCUT2D eigenvalue weighted by atomic mass is 32.2. The van der Waals surface area contributed by atoms with E-state index in [1.54, 1.807) is 23.6 Å². The van der Waals surface area contributed by atoms with Crippen molar-refractivity contribution < 1.29 is 29.3 Å². The van der Waals surface area contributed by atoms with Crippen LogP contribution in [-0.2, 0) is 14.3 Å². The monoisotopic (exact) mass is 582 g/mol. The average Bonchev–Trinajstić information content (AvgIpc) is 3.52. The number of anilines is 1. The average molecular weight is 583 g/mol. The van der Waals surface area contributed by atoms with E-state index in [0.29, 0.717) is 17.3 Å². The van der Waals surface area contributed by atoms with Crippen LogP contribution in [0.5, 0.6) is 0 Å². The van der Waals surface area contributed by atoms with Gasteiger partial charge in [0.05, 0.1) is 11.8 Å². The van der Waals surface area contributed by atoms with Crippen LogP contribution in [-0.4, -0.2) is 77.0 Å². The number of nitrogens with zero attached hydrogens (tertiary/aromatic N) is 5. The van der Waals surface area contributed by atoms with E-state index in [1.807, 2.05) is 62.4 Å². The van der Waals surface area contributed by atoms with Crippen LogP contribution in [0, 0.1) is 0 Å². The van der Waals surface area contributed by atoms with Crippen molar-refractivity contribution >= 4 is 29.6 Å². The molecule has 1 atom stereocenters. The molecule has 4 rings (SSSR count). The van der Waals surface area contributed by atoms with Gasteiger partial charge in [-0.25, -0.2) is 14.7 Å². The van der Waals surface area contributed by atoms with Crippen molar-refractivity contribution in [1.29, 1.82) is 0 Å². The summed E-state index contributed by atoms with van der Waals surface area (Å²) in [6.07, 6.45) is -1.28. The molecular formula is C28H34N6O6S. The highest BCUT2D eigenvalue weighted by Crippen LogP contribution is 2.50. The first-order valence-electron chi connectivity index (χ1n) is 13.1. The standard InChI is InChI=1S/C28H34N6O6S/c1-7-41-28(6)33(16-39-26(37)40-17(2)3)23(27(4,5)38)22(25(35)36)34(28)19-14-12-18(13-15-19)20-10-8-9-11-21(20)24-29-31-32-30-24/h8-15,17,38H,7,16H2,1-6H3,(H,35,36)(H,29,30,31,32). The number of hydrogen-bond acceptors (Lipinski definition) is 11. The molecule has 1 aliphatic heterocycles. The van der Waals surface area contributed by atoms with Crippen molar-refractivity contribution in [3.8, 4) is 22.5 Å². The number of carboxylic acid groups (broad SMARTS) is 1. The lowest BCUT2D eigenvalue weighted by atomic mass is 9.99. The minimum absolute atomic E-state index is 0.109. The van der Waals surface area contributed by atoms with Crippen LogP contribution in [0.15, 0.2) is 59.9 Å². The van der Waals surface area contributed by atoms with E-state index < -0.39 is 28.8 Å². The summed E-state index contributed by atoms with van der Waals surface area (Å²) in [6.45, 7) is 9.85. The van der Waals surface area contributed by atoms with Gasteiger partial charge >= 0.3 is 12.1 Å². The van der Waals surface area contributed by atoms with Crippen molar-refractivity contribution in [2.75, 3.05) is 17.4 Å². The number of carboxylic acids is 1. The Bertz CT molecular complexity index is 1420. The third-order valence-electron chi connectivity index (χ3n) is 6.44. The van der Waals surface area contributed by atoms with Gasteiger partial charge in [-0.1, -0.05) is 43.3 Å². The van der Waals surface area contributed by atoms with Crippen molar-refractivity contribution in [3.05, 3.63) is 59.9 Å². The lowest BCUT2D eigenvalue weighted by Gasteiger charge is -2.44. The summed E-state index contributed by atoms with van der Waals surface area (Å²) < 4.78 is 10.5. The number of aromatic nitrogens is 4. The Kier molecular flexibility index (Phi) is 8.59. The number of benzene rings is 2. The number of hydrogen-bond donors (Lipinski definition) is 3. The molecule has 1 aromatic heterocycles. The number of ether oxygens (including phenoxy) is 2. The Morgan fingerprint density at radius 2 is 1.78 bits per heavy atom. The molecule has 2 aromatic carbocycles. The molecule has 3 aromatic rings. The number of aliphatic hydroxyl groups is 1. The zero-order valence-electron chi connectivity index (χ0n) is 23.8. The molecule has 218 valence electrons. The molecule has 1 unspecified atom stereocenters. The topological polar surface area (TPSA) is 154 Å². The van der Waals surface area contributed by atoms with Crippen molar-refractivity contribution in [2.45, 2.75) is 58.2 Å². The molecule has 0 amide bonds. The van der Waals surface area contributed by atoms with Gasteiger partial charge in [0.1, 0.15) is 5.60 Å². The third-order valence-corrected chi connectivity index (χ3v) is 7.68. The smallest absolute Gasteiger partial charge is 0.477 e. The Balaban J connectivity index is 1.80. The van der Waals surface area contributed by atoms with Gasteiger partial charge in [0.25, 0.3) is 0 Å². The molecule has 0 saturated heterocycles. The van der Waals surface area contributed by atoms with Crippen LogP contribution in [0.1, 0.15) is 41.5 Å².